The Morgan fingerprint density at radius 2 is 1.78 bits per heavy atom. The lowest BCUT2D eigenvalue weighted by atomic mass is 9.86. The number of carbonyl (C=O) groups excluding carboxylic acids is 3. The van der Waals surface area contributed by atoms with Crippen LogP contribution in [0.3, 0.4) is 0 Å². The van der Waals surface area contributed by atoms with Crippen LogP contribution in [-0.2, 0) is 10.2 Å². The van der Waals surface area contributed by atoms with Gasteiger partial charge in [-0.1, -0.05) is 51.1 Å². The highest BCUT2D eigenvalue weighted by Gasteiger charge is 2.45. The number of benzene rings is 2. The second kappa shape index (κ2) is 8.63. The fourth-order valence-electron chi connectivity index (χ4n) is 3.39. The van der Waals surface area contributed by atoms with Gasteiger partial charge in [-0.2, -0.15) is 0 Å². The van der Waals surface area contributed by atoms with Gasteiger partial charge in [0.2, 0.25) is 0 Å². The molecule has 0 aliphatic carbocycles. The highest BCUT2D eigenvalue weighted by molar-refractivity contribution is 6.23. The van der Waals surface area contributed by atoms with Crippen LogP contribution in [0.5, 0.6) is 0 Å². The van der Waals surface area contributed by atoms with E-state index in [1.807, 2.05) is 24.3 Å². The largest absolute Gasteiger partial charge is 0.387 e. The van der Waals surface area contributed by atoms with Crippen LogP contribution >= 0.6 is 0 Å². The van der Waals surface area contributed by atoms with Gasteiger partial charge in [0.1, 0.15) is 5.54 Å². The summed E-state index contributed by atoms with van der Waals surface area (Å²) in [7, 11) is 0. The van der Waals surface area contributed by atoms with E-state index in [2.05, 4.69) is 36.7 Å². The van der Waals surface area contributed by atoms with Gasteiger partial charge in [0.05, 0.1) is 11.8 Å². The molecule has 1 atom stereocenters. The number of nitrogens with zero attached hydrogens (tertiary/aromatic N) is 1. The SMILES string of the molecule is CC1(C)NC(=O)N(c2cccc(NC(=O)NCC(O)c3ccc(C(C)(C)C)cc3)c2)C1=O. The molecule has 2 aromatic rings. The van der Waals surface area contributed by atoms with E-state index in [9.17, 15) is 19.5 Å². The fraction of sp³-hybridized carbons (Fsp3) is 0.375. The summed E-state index contributed by atoms with van der Waals surface area (Å²) in [6.07, 6.45) is -0.853. The minimum absolute atomic E-state index is 0.0201. The summed E-state index contributed by atoms with van der Waals surface area (Å²) in [4.78, 5) is 38.0. The maximum Gasteiger partial charge on any atom is 0.329 e. The van der Waals surface area contributed by atoms with E-state index >= 15 is 0 Å². The topological polar surface area (TPSA) is 111 Å². The number of carbonyl (C=O) groups is 3. The molecule has 1 saturated heterocycles. The molecule has 170 valence electrons. The molecule has 1 aliphatic rings. The monoisotopic (exact) mass is 438 g/mol. The lowest BCUT2D eigenvalue weighted by Crippen LogP contribution is -2.40. The molecule has 0 radical (unpaired) electrons. The number of hydrogen-bond acceptors (Lipinski definition) is 4. The van der Waals surface area contributed by atoms with Gasteiger partial charge in [-0.05, 0) is 48.6 Å². The van der Waals surface area contributed by atoms with Crippen LogP contribution in [0.15, 0.2) is 48.5 Å². The average Bonchev–Trinajstić information content (AvgIpc) is 2.92. The number of nitrogens with one attached hydrogen (secondary N) is 3. The second-order valence-corrected chi connectivity index (χ2v) is 9.47. The molecule has 2 aromatic carbocycles. The zero-order valence-corrected chi connectivity index (χ0v) is 19.0. The Kier molecular flexibility index (Phi) is 6.27. The van der Waals surface area contributed by atoms with Crippen LogP contribution in [-0.4, -0.2) is 35.2 Å². The van der Waals surface area contributed by atoms with Gasteiger partial charge in [0.15, 0.2) is 0 Å². The molecule has 32 heavy (non-hydrogen) atoms. The molecule has 8 nitrogen and oxygen atoms in total. The Morgan fingerprint density at radius 1 is 1.12 bits per heavy atom. The van der Waals surface area contributed by atoms with Crippen LogP contribution < -0.4 is 20.9 Å². The number of aliphatic hydroxyl groups excluding tert-OH is 1. The van der Waals surface area contributed by atoms with Crippen molar-refractivity contribution < 1.29 is 19.5 Å². The molecule has 4 N–H and O–H groups in total. The third-order valence-corrected chi connectivity index (χ3v) is 5.34. The standard InChI is InChI=1S/C24H30N4O4/c1-23(2,3)16-11-9-15(10-12-16)19(29)14-25-21(31)26-17-7-6-8-18(13-17)28-20(30)24(4,5)27-22(28)32/h6-13,19,29H,14H2,1-5H3,(H,27,32)(H2,25,26,31). The smallest absolute Gasteiger partial charge is 0.329 e. The first kappa shape index (κ1) is 23.3. The van der Waals surface area contributed by atoms with E-state index in [1.165, 1.54) is 0 Å². The first-order valence-electron chi connectivity index (χ1n) is 10.5. The molecular formula is C24H30N4O4. The molecule has 3 rings (SSSR count). The Labute approximate surface area is 188 Å². The maximum absolute atomic E-state index is 12.5. The van der Waals surface area contributed by atoms with Gasteiger partial charge in [-0.3, -0.25) is 4.79 Å². The summed E-state index contributed by atoms with van der Waals surface area (Å²) in [5.74, 6) is -0.371. The van der Waals surface area contributed by atoms with Crippen molar-refractivity contribution in [2.24, 2.45) is 0 Å². The third-order valence-electron chi connectivity index (χ3n) is 5.34. The Hall–Kier alpha value is -3.39. The van der Waals surface area contributed by atoms with E-state index < -0.39 is 23.7 Å². The normalized spacial score (nSPS) is 16.5. The van der Waals surface area contributed by atoms with E-state index in [0.717, 1.165) is 10.5 Å². The summed E-state index contributed by atoms with van der Waals surface area (Å²) in [6, 6.07) is 13.1. The van der Waals surface area contributed by atoms with Gasteiger partial charge < -0.3 is 21.1 Å². The molecule has 8 heteroatoms. The first-order valence-corrected chi connectivity index (χ1v) is 10.5. The highest BCUT2D eigenvalue weighted by Crippen LogP contribution is 2.27. The minimum Gasteiger partial charge on any atom is -0.387 e. The predicted octanol–water partition coefficient (Wildman–Crippen LogP) is 3.67. The number of rotatable bonds is 5. The van der Waals surface area contributed by atoms with Crippen molar-refractivity contribution in [3.63, 3.8) is 0 Å². The number of hydrogen-bond donors (Lipinski definition) is 4. The Morgan fingerprint density at radius 3 is 2.34 bits per heavy atom. The highest BCUT2D eigenvalue weighted by atomic mass is 16.3. The van der Waals surface area contributed by atoms with Gasteiger partial charge in [-0.15, -0.1) is 0 Å². The molecule has 1 heterocycles. The van der Waals surface area contributed by atoms with Crippen LogP contribution in [0.25, 0.3) is 0 Å². The van der Waals surface area contributed by atoms with Crippen molar-refractivity contribution in [1.82, 2.24) is 10.6 Å². The first-order chi connectivity index (χ1) is 14.9. The van der Waals surface area contributed by atoms with E-state index in [1.54, 1.807) is 38.1 Å². The van der Waals surface area contributed by atoms with Crippen molar-refractivity contribution >= 4 is 29.3 Å². The van der Waals surface area contributed by atoms with Gasteiger partial charge in [0.25, 0.3) is 5.91 Å². The fourth-order valence-corrected chi connectivity index (χ4v) is 3.39. The number of urea groups is 2. The average molecular weight is 439 g/mol. The van der Waals surface area contributed by atoms with Crippen molar-refractivity contribution in [3.8, 4) is 0 Å². The molecule has 0 spiro atoms. The van der Waals surface area contributed by atoms with Crippen molar-refractivity contribution in [2.75, 3.05) is 16.8 Å². The van der Waals surface area contributed by atoms with Gasteiger partial charge in [0, 0.05) is 12.2 Å². The summed E-state index contributed by atoms with van der Waals surface area (Å²) < 4.78 is 0. The Balaban J connectivity index is 1.59. The maximum atomic E-state index is 12.5. The van der Waals surface area contributed by atoms with E-state index in [-0.39, 0.29) is 17.9 Å². The van der Waals surface area contributed by atoms with Crippen LogP contribution in [0, 0.1) is 0 Å². The van der Waals surface area contributed by atoms with Gasteiger partial charge >= 0.3 is 12.1 Å². The van der Waals surface area contributed by atoms with Crippen molar-refractivity contribution in [3.05, 3.63) is 59.7 Å². The van der Waals surface area contributed by atoms with Crippen molar-refractivity contribution in [2.45, 2.75) is 51.7 Å². The molecule has 1 aliphatic heterocycles. The zero-order chi connectivity index (χ0) is 23.7. The molecule has 1 unspecified atom stereocenters. The van der Waals surface area contributed by atoms with E-state index in [0.29, 0.717) is 16.9 Å². The summed E-state index contributed by atoms with van der Waals surface area (Å²) in [6.45, 7) is 9.64. The molecule has 0 aromatic heterocycles. The summed E-state index contributed by atoms with van der Waals surface area (Å²) >= 11 is 0. The van der Waals surface area contributed by atoms with Crippen LogP contribution in [0.1, 0.15) is 51.8 Å². The molecule has 0 bridgehead atoms. The predicted molar refractivity (Wildman–Crippen MR) is 124 cm³/mol. The van der Waals surface area contributed by atoms with Crippen molar-refractivity contribution in [1.29, 1.82) is 0 Å². The van der Waals surface area contributed by atoms with Gasteiger partial charge in [-0.25, -0.2) is 14.5 Å². The number of anilines is 2. The summed E-state index contributed by atoms with van der Waals surface area (Å²) in [5, 5.41) is 18.3. The molecular weight excluding hydrogens is 408 g/mol. The molecule has 0 saturated carbocycles. The quantitative estimate of drug-likeness (QED) is 0.534. The lowest BCUT2D eigenvalue weighted by molar-refractivity contribution is -0.121. The minimum atomic E-state index is -0.987. The number of amides is 5. The molecule has 1 fully saturated rings. The molecule has 5 amide bonds. The van der Waals surface area contributed by atoms with E-state index in [4.69, 9.17) is 0 Å². The van der Waals surface area contributed by atoms with Crippen LogP contribution in [0.4, 0.5) is 21.0 Å². The summed E-state index contributed by atoms with van der Waals surface area (Å²) in [5.41, 5.74) is 1.67. The number of imide groups is 1. The third kappa shape index (κ3) is 5.08. The Bertz CT molecular complexity index is 1030. The number of aliphatic hydroxyl groups is 1. The zero-order valence-electron chi connectivity index (χ0n) is 19.0. The lowest BCUT2D eigenvalue weighted by Gasteiger charge is -2.20. The second-order valence-electron chi connectivity index (χ2n) is 9.47. The van der Waals surface area contributed by atoms with Crippen LogP contribution in [0.2, 0.25) is 0 Å².